The van der Waals surface area contributed by atoms with E-state index in [1.807, 2.05) is 43.3 Å². The first kappa shape index (κ1) is 41.6. The van der Waals surface area contributed by atoms with Crippen LogP contribution >= 0.6 is 10.0 Å². The first-order valence-electron chi connectivity index (χ1n) is 17.5. The molecular weight excluding hydrogens is 681 g/mol. The van der Waals surface area contributed by atoms with Crippen LogP contribution in [0.3, 0.4) is 0 Å². The summed E-state index contributed by atoms with van der Waals surface area (Å²) in [5.41, 5.74) is -1.76. The Morgan fingerprint density at radius 2 is 1.44 bits per heavy atom. The van der Waals surface area contributed by atoms with Crippen LogP contribution < -0.4 is 0 Å². The molecule has 2 aliphatic rings. The maximum Gasteiger partial charge on any atom is 0.680 e. The van der Waals surface area contributed by atoms with Crippen molar-refractivity contribution in [3.63, 3.8) is 0 Å². The van der Waals surface area contributed by atoms with Crippen molar-refractivity contribution in [2.24, 2.45) is 16.2 Å². The second-order valence-corrected chi connectivity index (χ2v) is 19.1. The first-order valence-corrected chi connectivity index (χ1v) is 20.5. The standard InChI is InChI=1S/C34H49NO10.C3H7.Al.ClH/c1-11-15-21(20-16-13-12-14-17-20)18-23(36)35-24-26(44-30(39)34(8,9)10)25(43-29(38)33(5,6)7)22(42-27(24)45-31(35)40)19-41-28(37)32(2,3)4;1-3-2;;/h12-14,16-18,21-22,24-27,36H,11,15,19H2,1-10H3;1,3H2,2H3;;1H/q;;+2;/p-2/b23-18-;;;/t21?,22-,24-,25+,26-,27-;;;/m1.../s1. The predicted octanol–water partition coefficient (Wildman–Crippen LogP) is 7.62. The van der Waals surface area contributed by atoms with Gasteiger partial charge in [-0.2, -0.15) is 0 Å². The average molecular weight is 736 g/mol. The molecule has 0 spiro atoms. The highest BCUT2D eigenvalue weighted by Gasteiger charge is 2.61. The van der Waals surface area contributed by atoms with Crippen LogP contribution in [0.15, 0.2) is 42.3 Å². The molecule has 13 heteroatoms. The Bertz CT molecular complexity index is 1370. The van der Waals surface area contributed by atoms with Crippen LogP contribution in [0.2, 0.25) is 5.28 Å². The number of hydrogen-bond acceptors (Lipinski definition) is 10. The molecule has 6 atom stereocenters. The molecule has 1 aromatic rings. The summed E-state index contributed by atoms with van der Waals surface area (Å²) < 4.78 is 36.5. The number of amides is 1. The molecular formula is C37H55AlClNO10. The van der Waals surface area contributed by atoms with E-state index in [4.69, 9.17) is 37.5 Å². The molecule has 0 N–H and O–H groups in total. The maximum atomic E-state index is 14.0. The SMILES string of the molecule is CCCC(/C=C(\[O][Al]([Cl])[CH2]CC)N1C(=O)O[C@H]2O[C@H](COC(=O)C(C)(C)C)[C@H](OC(=O)C(C)(C)C)[C@H](OC(=O)C(C)(C)C)[C@H]21)c1ccccc1. The molecule has 0 aromatic heterocycles. The zero-order chi connectivity index (χ0) is 37.6. The van der Waals surface area contributed by atoms with E-state index in [1.54, 1.807) is 62.3 Å². The van der Waals surface area contributed by atoms with Gasteiger partial charge >= 0.3 is 37.6 Å². The van der Waals surface area contributed by atoms with Crippen molar-refractivity contribution in [3.8, 4) is 0 Å². The lowest BCUT2D eigenvalue weighted by molar-refractivity contribution is -0.260. The fourth-order valence-electron chi connectivity index (χ4n) is 5.28. The number of fused-ring (bicyclic) bond motifs is 1. The summed E-state index contributed by atoms with van der Waals surface area (Å²) in [6.45, 7) is 19.0. The summed E-state index contributed by atoms with van der Waals surface area (Å²) in [5, 5.41) is 0.617. The van der Waals surface area contributed by atoms with Crippen LogP contribution in [0.4, 0.5) is 4.79 Å². The van der Waals surface area contributed by atoms with Gasteiger partial charge in [0.05, 0.1) is 16.2 Å². The fourth-order valence-corrected chi connectivity index (χ4v) is 7.24. The highest BCUT2D eigenvalue weighted by molar-refractivity contribution is 7.03. The number of allylic oxidation sites excluding steroid dienone is 1. The summed E-state index contributed by atoms with van der Waals surface area (Å²) in [6.07, 6.45) is -1.68. The summed E-state index contributed by atoms with van der Waals surface area (Å²) in [7, 11) is 6.81. The van der Waals surface area contributed by atoms with Gasteiger partial charge in [0.1, 0.15) is 18.8 Å². The number of carbonyl (C=O) groups excluding carboxylic acids is 4. The molecule has 0 bridgehead atoms. The average Bonchev–Trinajstić information content (AvgIpc) is 3.34. The van der Waals surface area contributed by atoms with Crippen molar-refractivity contribution >= 4 is 47.6 Å². The van der Waals surface area contributed by atoms with Gasteiger partial charge in [-0.3, -0.25) is 14.4 Å². The van der Waals surface area contributed by atoms with Gasteiger partial charge in [0.15, 0.2) is 18.1 Å². The number of carbonyl (C=O) groups is 4. The Labute approximate surface area is 306 Å². The molecule has 0 radical (unpaired) electrons. The Kier molecular flexibility index (Phi) is 14.3. The number of halogens is 1. The molecule has 0 aliphatic carbocycles. The van der Waals surface area contributed by atoms with Crippen LogP contribution in [-0.2, 0) is 41.9 Å². The van der Waals surface area contributed by atoms with Crippen molar-refractivity contribution in [1.29, 1.82) is 0 Å². The predicted molar refractivity (Wildman–Crippen MR) is 190 cm³/mol. The molecule has 2 fully saturated rings. The lowest BCUT2D eigenvalue weighted by Gasteiger charge is -2.44. The van der Waals surface area contributed by atoms with Crippen molar-refractivity contribution in [3.05, 3.63) is 47.9 Å². The molecule has 278 valence electrons. The fraction of sp³-hybridized carbons (Fsp3) is 0.676. The van der Waals surface area contributed by atoms with Gasteiger partial charge in [-0.05, 0) is 85.7 Å². The Morgan fingerprint density at radius 3 is 1.96 bits per heavy atom. The van der Waals surface area contributed by atoms with Crippen LogP contribution in [0.1, 0.15) is 107 Å². The van der Waals surface area contributed by atoms with Gasteiger partial charge in [0, 0.05) is 5.92 Å². The third kappa shape index (κ3) is 10.9. The number of nitrogens with zero attached hydrogens (tertiary/aromatic N) is 1. The van der Waals surface area contributed by atoms with Gasteiger partial charge in [0.25, 0.3) is 0 Å². The smallest absolute Gasteiger partial charge is 0.619 e. The van der Waals surface area contributed by atoms with Gasteiger partial charge in [0.2, 0.25) is 6.29 Å². The second-order valence-electron chi connectivity index (χ2n) is 16.0. The quantitative estimate of drug-likeness (QED) is 0.0864. The lowest BCUT2D eigenvalue weighted by Crippen LogP contribution is -2.64. The van der Waals surface area contributed by atoms with Crippen molar-refractivity contribution < 1.29 is 46.7 Å². The van der Waals surface area contributed by atoms with E-state index in [0.717, 1.165) is 24.8 Å². The van der Waals surface area contributed by atoms with E-state index in [-0.39, 0.29) is 18.4 Å². The van der Waals surface area contributed by atoms with E-state index < -0.39 is 84.5 Å². The molecule has 11 nitrogen and oxygen atoms in total. The Hall–Kier alpha value is -2.78. The summed E-state index contributed by atoms with van der Waals surface area (Å²) in [5.74, 6) is -1.75. The minimum Gasteiger partial charge on any atom is -0.619 e. The van der Waals surface area contributed by atoms with Gasteiger partial charge in [-0.25, -0.2) is 19.7 Å². The molecule has 2 heterocycles. The van der Waals surface area contributed by atoms with Crippen LogP contribution in [0.5, 0.6) is 0 Å². The lowest BCUT2D eigenvalue weighted by atomic mass is 9.92. The molecule has 2 aliphatic heterocycles. The molecule has 1 unspecified atom stereocenters. The van der Waals surface area contributed by atoms with Gasteiger partial charge in [-0.1, -0.05) is 57.0 Å². The topological polar surface area (TPSA) is 127 Å². The van der Waals surface area contributed by atoms with Gasteiger partial charge in [-0.15, -0.1) is 0 Å². The number of rotatable bonds is 13. The minimum absolute atomic E-state index is 0.156. The van der Waals surface area contributed by atoms with Gasteiger partial charge < -0.3 is 27.5 Å². The normalized spacial score (nSPS) is 23.4. The van der Waals surface area contributed by atoms with Crippen molar-refractivity contribution in [2.45, 2.75) is 137 Å². The zero-order valence-electron chi connectivity index (χ0n) is 31.4. The highest BCUT2D eigenvalue weighted by Crippen LogP contribution is 2.40. The molecule has 50 heavy (non-hydrogen) atoms. The van der Waals surface area contributed by atoms with Crippen molar-refractivity contribution in [2.75, 3.05) is 6.61 Å². The highest BCUT2D eigenvalue weighted by atomic mass is 35.6. The number of benzene rings is 1. The van der Waals surface area contributed by atoms with Crippen molar-refractivity contribution in [1.82, 2.24) is 4.90 Å². The minimum atomic E-state index is -2.39. The zero-order valence-corrected chi connectivity index (χ0v) is 33.4. The number of hydrogen-bond donors (Lipinski definition) is 0. The molecule has 0 saturated carbocycles. The summed E-state index contributed by atoms with van der Waals surface area (Å²) in [6, 6.07) is 8.68. The maximum absolute atomic E-state index is 14.0. The second kappa shape index (κ2) is 17.2. The number of esters is 3. The van der Waals surface area contributed by atoms with E-state index in [0.29, 0.717) is 5.28 Å². The number of ether oxygens (including phenoxy) is 5. The van der Waals surface area contributed by atoms with E-state index in [1.165, 1.54) is 4.90 Å². The summed E-state index contributed by atoms with van der Waals surface area (Å²) >= 11 is -2.39. The first-order chi connectivity index (χ1) is 23.2. The largest absolute Gasteiger partial charge is 0.680 e. The third-order valence-electron chi connectivity index (χ3n) is 8.20. The van der Waals surface area contributed by atoms with E-state index >= 15 is 0 Å². The van der Waals surface area contributed by atoms with Crippen LogP contribution in [0, 0.1) is 16.2 Å². The Morgan fingerprint density at radius 1 is 0.880 bits per heavy atom. The van der Waals surface area contributed by atoms with E-state index in [2.05, 4.69) is 6.92 Å². The monoisotopic (exact) mass is 735 g/mol. The molecule has 1 aromatic carbocycles. The van der Waals surface area contributed by atoms with Crippen LogP contribution in [-0.4, -0.2) is 79.7 Å². The Balaban J connectivity index is 2.22. The molecule has 3 rings (SSSR count). The third-order valence-corrected chi connectivity index (χ3v) is 10.7. The molecule has 2 saturated heterocycles. The van der Waals surface area contributed by atoms with E-state index in [9.17, 15) is 19.2 Å². The summed E-state index contributed by atoms with van der Waals surface area (Å²) in [4.78, 5) is 55.2. The van der Waals surface area contributed by atoms with Crippen LogP contribution in [0.25, 0.3) is 0 Å². The molecule has 1 amide bonds.